The molecule has 0 N–H and O–H groups in total. The Morgan fingerprint density at radius 1 is 0.203 bits per heavy atom. The summed E-state index contributed by atoms with van der Waals surface area (Å²) >= 11 is 0. The first kappa shape index (κ1) is 36.2. The molecule has 1 aliphatic rings. The molecule has 64 heavy (non-hydrogen) atoms. The first-order valence-corrected chi connectivity index (χ1v) is 21.8. The Bertz CT molecular complexity index is 3830. The Hall–Kier alpha value is -8.53. The van der Waals surface area contributed by atoms with Gasteiger partial charge in [-0.3, -0.25) is 0 Å². The van der Waals surface area contributed by atoms with Crippen LogP contribution in [0.4, 0.5) is 0 Å². The molecule has 3 nitrogen and oxygen atoms in total. The van der Waals surface area contributed by atoms with E-state index < -0.39 is 0 Å². The number of nitrogens with zero attached hydrogens (tertiary/aromatic N) is 3. The lowest BCUT2D eigenvalue weighted by Crippen LogP contribution is -2.00. The van der Waals surface area contributed by atoms with E-state index in [0.29, 0.717) is 17.5 Å². The number of benzene rings is 11. The molecule has 1 aromatic heterocycles. The molecule has 1 heterocycles. The van der Waals surface area contributed by atoms with Gasteiger partial charge in [0.25, 0.3) is 0 Å². The highest BCUT2D eigenvalue weighted by molar-refractivity contribution is 6.17. The van der Waals surface area contributed by atoms with Crippen molar-refractivity contribution in [3.8, 4) is 89.8 Å². The minimum absolute atomic E-state index is 0.632. The van der Waals surface area contributed by atoms with Crippen LogP contribution in [0.1, 0.15) is 0 Å². The number of hydrogen-bond acceptors (Lipinski definition) is 3. The molecule has 0 saturated heterocycles. The van der Waals surface area contributed by atoms with Gasteiger partial charge in [-0.05, 0) is 135 Å². The van der Waals surface area contributed by atoms with E-state index in [1.165, 1.54) is 82.4 Å². The van der Waals surface area contributed by atoms with Gasteiger partial charge in [0.15, 0.2) is 17.5 Å². The Kier molecular flexibility index (Phi) is 8.22. The highest BCUT2D eigenvalue weighted by Gasteiger charge is 2.22. The predicted molar refractivity (Wildman–Crippen MR) is 267 cm³/mol. The first-order valence-electron chi connectivity index (χ1n) is 21.8. The van der Waals surface area contributed by atoms with Crippen molar-refractivity contribution in [2.45, 2.75) is 0 Å². The van der Waals surface area contributed by atoms with Gasteiger partial charge in [0, 0.05) is 16.7 Å². The lowest BCUT2D eigenvalue weighted by Gasteiger charge is -2.15. The lowest BCUT2D eigenvalue weighted by molar-refractivity contribution is 1.08. The van der Waals surface area contributed by atoms with Crippen molar-refractivity contribution < 1.29 is 0 Å². The largest absolute Gasteiger partial charge is 0.208 e. The average molecular weight is 812 g/mol. The summed E-state index contributed by atoms with van der Waals surface area (Å²) in [5, 5.41) is 9.67. The van der Waals surface area contributed by atoms with E-state index in [4.69, 9.17) is 15.0 Å². The van der Waals surface area contributed by atoms with Crippen LogP contribution in [0, 0.1) is 0 Å². The van der Waals surface area contributed by atoms with Crippen LogP contribution in [0.5, 0.6) is 0 Å². The van der Waals surface area contributed by atoms with Crippen LogP contribution >= 0.6 is 0 Å². The van der Waals surface area contributed by atoms with Crippen LogP contribution in [0.2, 0.25) is 0 Å². The molecule has 0 fully saturated rings. The highest BCUT2D eigenvalue weighted by Crippen LogP contribution is 2.49. The molecule has 0 amide bonds. The standard InChI is InChI=1S/C61H37N3/c1-2-14-39(15-3-1)59-62-60(64-61(63-59)57-36-45-18-6-7-22-48(45)49-23-8-11-26-52(49)57)40-30-28-38(29-31-40)54-34-42-16-4-5-17-43(42)35-55(54)44-20-12-19-41(32-44)47-33-46-21-13-27-53-50-24-9-10-25-51(50)56(37-47)58(46)53/h1-37H. The smallest absolute Gasteiger partial charge is 0.164 e. The third kappa shape index (κ3) is 5.94. The van der Waals surface area contributed by atoms with Gasteiger partial charge >= 0.3 is 0 Å². The fraction of sp³-hybridized carbons (Fsp3) is 0. The van der Waals surface area contributed by atoms with E-state index in [0.717, 1.165) is 33.0 Å². The fourth-order valence-electron chi connectivity index (χ4n) is 9.95. The van der Waals surface area contributed by atoms with Crippen LogP contribution in [0.25, 0.3) is 133 Å². The molecule has 3 heteroatoms. The van der Waals surface area contributed by atoms with Crippen molar-refractivity contribution in [2.24, 2.45) is 0 Å². The molecule has 0 spiro atoms. The summed E-state index contributed by atoms with van der Waals surface area (Å²) in [6, 6.07) is 80.8. The van der Waals surface area contributed by atoms with E-state index in [1.54, 1.807) is 0 Å². The number of rotatable bonds is 6. The topological polar surface area (TPSA) is 38.7 Å². The molecular weight excluding hydrogens is 775 g/mol. The second kappa shape index (κ2) is 14.5. The van der Waals surface area contributed by atoms with Crippen LogP contribution in [0.3, 0.4) is 0 Å². The van der Waals surface area contributed by atoms with Gasteiger partial charge in [-0.2, -0.15) is 0 Å². The zero-order valence-corrected chi connectivity index (χ0v) is 34.7. The van der Waals surface area contributed by atoms with Crippen LogP contribution in [-0.4, -0.2) is 15.0 Å². The molecule has 0 atom stereocenters. The molecule has 0 unspecified atom stereocenters. The number of fused-ring (bicyclic) bond motifs is 7. The SMILES string of the molecule is c1ccc(-c2nc(-c3ccc(-c4cc5ccccc5cc4-c4cccc(-c5cc6c7c(cccc7c5)-c5ccccc5-6)c4)cc3)nc(-c3cc4ccccc4c4ccccc34)n2)cc1. The average Bonchev–Trinajstić information content (AvgIpc) is 3.70. The van der Waals surface area contributed by atoms with Crippen molar-refractivity contribution in [1.82, 2.24) is 15.0 Å². The summed E-state index contributed by atoms with van der Waals surface area (Å²) in [4.78, 5) is 15.5. The number of aromatic nitrogens is 3. The quantitative estimate of drug-likeness (QED) is 0.157. The van der Waals surface area contributed by atoms with Gasteiger partial charge in [0.05, 0.1) is 0 Å². The molecular formula is C61H37N3. The third-order valence-corrected chi connectivity index (χ3v) is 13.0. The molecule has 12 aromatic rings. The van der Waals surface area contributed by atoms with E-state index in [-0.39, 0.29) is 0 Å². The van der Waals surface area contributed by atoms with Crippen LogP contribution < -0.4 is 0 Å². The monoisotopic (exact) mass is 811 g/mol. The second-order valence-electron chi connectivity index (χ2n) is 16.7. The van der Waals surface area contributed by atoms with Gasteiger partial charge in [0.1, 0.15) is 0 Å². The molecule has 13 rings (SSSR count). The normalized spacial score (nSPS) is 11.8. The second-order valence-corrected chi connectivity index (χ2v) is 16.7. The first-order chi connectivity index (χ1) is 31.7. The predicted octanol–water partition coefficient (Wildman–Crippen LogP) is 16.1. The molecule has 0 saturated carbocycles. The van der Waals surface area contributed by atoms with Gasteiger partial charge in [0.2, 0.25) is 0 Å². The number of hydrogen-bond donors (Lipinski definition) is 0. The maximum atomic E-state index is 5.23. The van der Waals surface area contributed by atoms with Crippen molar-refractivity contribution in [2.75, 3.05) is 0 Å². The summed E-state index contributed by atoms with van der Waals surface area (Å²) in [6.07, 6.45) is 0. The van der Waals surface area contributed by atoms with Gasteiger partial charge < -0.3 is 0 Å². The lowest BCUT2D eigenvalue weighted by atomic mass is 9.89. The van der Waals surface area contributed by atoms with Gasteiger partial charge in [-0.1, -0.05) is 188 Å². The molecule has 296 valence electrons. The van der Waals surface area contributed by atoms with Crippen molar-refractivity contribution in [1.29, 1.82) is 0 Å². The van der Waals surface area contributed by atoms with Crippen molar-refractivity contribution in [3.63, 3.8) is 0 Å². The van der Waals surface area contributed by atoms with E-state index in [9.17, 15) is 0 Å². The maximum Gasteiger partial charge on any atom is 0.164 e. The Labute approximate surface area is 370 Å². The summed E-state index contributed by atoms with van der Waals surface area (Å²) in [5.41, 5.74) is 15.2. The Balaban J connectivity index is 0.931. The van der Waals surface area contributed by atoms with Gasteiger partial charge in [-0.25, -0.2) is 15.0 Å². The summed E-state index contributed by atoms with van der Waals surface area (Å²) in [6.45, 7) is 0. The Morgan fingerprint density at radius 3 is 1.47 bits per heavy atom. The highest BCUT2D eigenvalue weighted by atomic mass is 15.0. The van der Waals surface area contributed by atoms with Gasteiger partial charge in [-0.15, -0.1) is 0 Å². The van der Waals surface area contributed by atoms with E-state index >= 15 is 0 Å². The third-order valence-electron chi connectivity index (χ3n) is 13.0. The van der Waals surface area contributed by atoms with Crippen molar-refractivity contribution in [3.05, 3.63) is 224 Å². The molecule has 0 aliphatic heterocycles. The summed E-state index contributed by atoms with van der Waals surface area (Å²) < 4.78 is 0. The van der Waals surface area contributed by atoms with E-state index in [2.05, 4.69) is 206 Å². The summed E-state index contributed by atoms with van der Waals surface area (Å²) in [7, 11) is 0. The zero-order valence-electron chi connectivity index (χ0n) is 34.7. The van der Waals surface area contributed by atoms with Crippen molar-refractivity contribution >= 4 is 43.1 Å². The minimum atomic E-state index is 0.632. The maximum absolute atomic E-state index is 5.23. The molecule has 0 bridgehead atoms. The minimum Gasteiger partial charge on any atom is -0.208 e. The zero-order chi connectivity index (χ0) is 42.1. The van der Waals surface area contributed by atoms with Crippen LogP contribution in [0.15, 0.2) is 224 Å². The Morgan fingerprint density at radius 2 is 0.703 bits per heavy atom. The molecule has 0 radical (unpaired) electrons. The molecule has 11 aromatic carbocycles. The summed E-state index contributed by atoms with van der Waals surface area (Å²) in [5.74, 6) is 1.92. The van der Waals surface area contributed by atoms with Crippen LogP contribution in [-0.2, 0) is 0 Å². The molecule has 1 aliphatic carbocycles. The fourth-order valence-corrected chi connectivity index (χ4v) is 9.95. The van der Waals surface area contributed by atoms with E-state index in [1.807, 2.05) is 18.2 Å².